The van der Waals surface area contributed by atoms with Crippen LogP contribution in [-0.4, -0.2) is 22.7 Å². The lowest BCUT2D eigenvalue weighted by atomic mass is 10.1. The summed E-state index contributed by atoms with van der Waals surface area (Å²) in [6.07, 6.45) is -1.37. The molecular formula is C14H23NO2. The molecule has 2 atom stereocenters. The first-order valence-corrected chi connectivity index (χ1v) is 6.14. The number of aliphatic hydroxyl groups is 2. The zero-order chi connectivity index (χ0) is 13.0. The molecule has 2 N–H and O–H groups in total. The van der Waals surface area contributed by atoms with Gasteiger partial charge in [-0.25, -0.2) is 0 Å². The van der Waals surface area contributed by atoms with Crippen molar-refractivity contribution in [3.63, 3.8) is 0 Å². The van der Waals surface area contributed by atoms with Gasteiger partial charge in [-0.15, -0.1) is 0 Å². The zero-order valence-corrected chi connectivity index (χ0v) is 11.0. The number of hydrogen-bond acceptors (Lipinski definition) is 3. The van der Waals surface area contributed by atoms with Crippen LogP contribution < -0.4 is 4.90 Å². The van der Waals surface area contributed by atoms with Gasteiger partial charge < -0.3 is 15.1 Å². The van der Waals surface area contributed by atoms with Gasteiger partial charge in [0.25, 0.3) is 0 Å². The molecule has 0 saturated heterocycles. The second-order valence-electron chi connectivity index (χ2n) is 5.06. The van der Waals surface area contributed by atoms with Gasteiger partial charge in [0.15, 0.2) is 0 Å². The summed E-state index contributed by atoms with van der Waals surface area (Å²) in [5, 5.41) is 20.4. The van der Waals surface area contributed by atoms with Gasteiger partial charge in [0, 0.05) is 5.69 Å². The number of anilines is 1. The number of benzene rings is 1. The fraction of sp³-hybridized carbons (Fsp3) is 0.571. The Labute approximate surface area is 104 Å². The summed E-state index contributed by atoms with van der Waals surface area (Å²) in [4.78, 5) is 1.68. The van der Waals surface area contributed by atoms with E-state index < -0.39 is 12.5 Å². The van der Waals surface area contributed by atoms with Crippen molar-refractivity contribution in [2.45, 2.75) is 40.2 Å². The number of nitrogens with zero attached hydrogens (tertiary/aromatic N) is 1. The van der Waals surface area contributed by atoms with Gasteiger partial charge in [-0.1, -0.05) is 45.9 Å². The molecule has 0 spiro atoms. The van der Waals surface area contributed by atoms with Crippen LogP contribution in [0.5, 0.6) is 0 Å². The third-order valence-electron chi connectivity index (χ3n) is 2.82. The Morgan fingerprint density at radius 1 is 0.824 bits per heavy atom. The summed E-state index contributed by atoms with van der Waals surface area (Å²) < 4.78 is 0. The van der Waals surface area contributed by atoms with E-state index in [1.807, 2.05) is 58.0 Å². The molecule has 17 heavy (non-hydrogen) atoms. The summed E-state index contributed by atoms with van der Waals surface area (Å²) in [6.45, 7) is 7.75. The van der Waals surface area contributed by atoms with Crippen LogP contribution >= 0.6 is 0 Å². The quantitative estimate of drug-likeness (QED) is 0.773. The molecule has 0 saturated carbocycles. The van der Waals surface area contributed by atoms with E-state index in [1.165, 1.54) is 0 Å². The van der Waals surface area contributed by atoms with E-state index >= 15 is 0 Å². The number of hydrogen-bond donors (Lipinski definition) is 2. The van der Waals surface area contributed by atoms with Gasteiger partial charge in [0.2, 0.25) is 0 Å². The molecule has 0 aliphatic heterocycles. The molecule has 0 heterocycles. The molecular weight excluding hydrogens is 214 g/mol. The van der Waals surface area contributed by atoms with E-state index in [4.69, 9.17) is 0 Å². The van der Waals surface area contributed by atoms with Crippen LogP contribution in [0.1, 0.15) is 27.7 Å². The van der Waals surface area contributed by atoms with E-state index in [0.717, 1.165) is 5.69 Å². The molecule has 96 valence electrons. The first kappa shape index (κ1) is 14.0. The fourth-order valence-corrected chi connectivity index (χ4v) is 1.70. The van der Waals surface area contributed by atoms with Gasteiger partial charge in [-0.3, -0.25) is 0 Å². The monoisotopic (exact) mass is 237 g/mol. The first-order chi connectivity index (χ1) is 7.95. The zero-order valence-electron chi connectivity index (χ0n) is 11.0. The Balaban J connectivity index is 3.03. The molecule has 0 fully saturated rings. The maximum absolute atomic E-state index is 10.2. The van der Waals surface area contributed by atoms with E-state index in [-0.39, 0.29) is 11.8 Å². The van der Waals surface area contributed by atoms with Crippen molar-refractivity contribution >= 4 is 5.69 Å². The van der Waals surface area contributed by atoms with Crippen molar-refractivity contribution < 1.29 is 10.2 Å². The van der Waals surface area contributed by atoms with Crippen LogP contribution in [0.15, 0.2) is 30.3 Å². The lowest BCUT2D eigenvalue weighted by molar-refractivity contribution is 0.0362. The van der Waals surface area contributed by atoms with Gasteiger partial charge in [0.1, 0.15) is 12.5 Å². The Kier molecular flexibility index (Phi) is 4.97. The highest BCUT2D eigenvalue weighted by Crippen LogP contribution is 2.24. The van der Waals surface area contributed by atoms with Crippen LogP contribution in [0.2, 0.25) is 0 Å². The second-order valence-corrected chi connectivity index (χ2v) is 5.06. The minimum atomic E-state index is -0.685. The smallest absolute Gasteiger partial charge is 0.131 e. The third kappa shape index (κ3) is 3.45. The summed E-state index contributed by atoms with van der Waals surface area (Å²) >= 11 is 0. The topological polar surface area (TPSA) is 43.7 Å². The predicted octanol–water partition coefficient (Wildman–Crippen LogP) is 2.44. The highest BCUT2D eigenvalue weighted by molar-refractivity contribution is 5.47. The molecule has 1 rings (SSSR count). The maximum atomic E-state index is 10.2. The van der Waals surface area contributed by atoms with Gasteiger partial charge in [0.05, 0.1) is 0 Å². The van der Waals surface area contributed by atoms with Crippen LogP contribution in [0.4, 0.5) is 5.69 Å². The van der Waals surface area contributed by atoms with Crippen molar-refractivity contribution in [3.05, 3.63) is 30.3 Å². The molecule has 1 aromatic carbocycles. The predicted molar refractivity (Wildman–Crippen MR) is 70.6 cm³/mol. The minimum Gasteiger partial charge on any atom is -0.373 e. The maximum Gasteiger partial charge on any atom is 0.131 e. The van der Waals surface area contributed by atoms with Crippen LogP contribution in [0.25, 0.3) is 0 Å². The van der Waals surface area contributed by atoms with Gasteiger partial charge in [-0.2, -0.15) is 0 Å². The molecule has 0 aliphatic rings. The van der Waals surface area contributed by atoms with E-state index in [0.29, 0.717) is 0 Å². The normalized spacial score (nSPS) is 15.1. The van der Waals surface area contributed by atoms with Crippen molar-refractivity contribution in [1.82, 2.24) is 0 Å². The Morgan fingerprint density at radius 2 is 1.24 bits per heavy atom. The number of aliphatic hydroxyl groups excluding tert-OH is 2. The standard InChI is InChI=1S/C14H23NO2/c1-10(2)13(16)15(14(17)11(3)4)12-8-6-5-7-9-12/h5-11,13-14,16-17H,1-4H3. The Morgan fingerprint density at radius 3 is 1.59 bits per heavy atom. The van der Waals surface area contributed by atoms with Crippen LogP contribution in [0, 0.1) is 11.8 Å². The molecule has 3 heteroatoms. The van der Waals surface area contributed by atoms with Crippen molar-refractivity contribution in [2.75, 3.05) is 4.90 Å². The summed E-state index contributed by atoms with van der Waals surface area (Å²) in [7, 11) is 0. The Bertz CT molecular complexity index is 310. The SMILES string of the molecule is CC(C)C(O)N(c1ccccc1)C(O)C(C)C. The van der Waals surface area contributed by atoms with Crippen molar-refractivity contribution in [1.29, 1.82) is 0 Å². The second kappa shape index (κ2) is 6.03. The van der Waals surface area contributed by atoms with Crippen molar-refractivity contribution in [2.24, 2.45) is 11.8 Å². The highest BCUT2D eigenvalue weighted by Gasteiger charge is 2.27. The fourth-order valence-electron chi connectivity index (χ4n) is 1.70. The van der Waals surface area contributed by atoms with Crippen LogP contribution in [0.3, 0.4) is 0 Å². The van der Waals surface area contributed by atoms with Gasteiger partial charge >= 0.3 is 0 Å². The number of rotatable bonds is 5. The summed E-state index contributed by atoms with van der Waals surface area (Å²) in [6, 6.07) is 9.53. The lowest BCUT2D eigenvalue weighted by Crippen LogP contribution is -2.48. The molecule has 0 aliphatic carbocycles. The van der Waals surface area contributed by atoms with E-state index in [1.54, 1.807) is 4.90 Å². The van der Waals surface area contributed by atoms with E-state index in [9.17, 15) is 10.2 Å². The largest absolute Gasteiger partial charge is 0.373 e. The summed E-state index contributed by atoms with van der Waals surface area (Å²) in [5.74, 6) is 0.118. The molecule has 1 aromatic rings. The number of para-hydroxylation sites is 1. The van der Waals surface area contributed by atoms with E-state index in [2.05, 4.69) is 0 Å². The molecule has 2 unspecified atom stereocenters. The molecule has 0 bridgehead atoms. The molecule has 3 nitrogen and oxygen atoms in total. The highest BCUT2D eigenvalue weighted by atomic mass is 16.3. The Hall–Kier alpha value is -1.06. The van der Waals surface area contributed by atoms with Crippen LogP contribution in [-0.2, 0) is 0 Å². The molecule has 0 aromatic heterocycles. The first-order valence-electron chi connectivity index (χ1n) is 6.14. The van der Waals surface area contributed by atoms with Crippen molar-refractivity contribution in [3.8, 4) is 0 Å². The third-order valence-corrected chi connectivity index (χ3v) is 2.82. The molecule has 0 amide bonds. The average Bonchev–Trinajstić information content (AvgIpc) is 2.30. The summed E-state index contributed by atoms with van der Waals surface area (Å²) in [5.41, 5.74) is 0.843. The molecule has 0 radical (unpaired) electrons. The van der Waals surface area contributed by atoms with Gasteiger partial charge in [-0.05, 0) is 24.0 Å². The average molecular weight is 237 g/mol. The lowest BCUT2D eigenvalue weighted by Gasteiger charge is -2.38. The minimum absolute atomic E-state index is 0.0589.